The average Bonchev–Trinajstić information content (AvgIpc) is 3.02. The molecular formula is C17H20N4O4S. The van der Waals surface area contributed by atoms with Crippen molar-refractivity contribution in [3.63, 3.8) is 0 Å². The van der Waals surface area contributed by atoms with Crippen molar-refractivity contribution in [3.05, 3.63) is 29.5 Å². The van der Waals surface area contributed by atoms with Gasteiger partial charge in [-0.15, -0.1) is 0 Å². The summed E-state index contributed by atoms with van der Waals surface area (Å²) >= 11 is 1.40. The van der Waals surface area contributed by atoms with Gasteiger partial charge in [0.05, 0.1) is 36.4 Å². The highest BCUT2D eigenvalue weighted by Crippen LogP contribution is 2.25. The molecule has 1 aromatic heterocycles. The molecule has 2 amide bonds. The topological polar surface area (TPSA) is 105 Å². The van der Waals surface area contributed by atoms with Gasteiger partial charge in [-0.1, -0.05) is 11.8 Å². The number of nitrogens with zero attached hydrogens (tertiary/aromatic N) is 1. The summed E-state index contributed by atoms with van der Waals surface area (Å²) in [7, 11) is 0. The van der Waals surface area contributed by atoms with E-state index in [0.29, 0.717) is 28.8 Å². The second-order valence-corrected chi connectivity index (χ2v) is 6.39. The van der Waals surface area contributed by atoms with Crippen LogP contribution in [0.25, 0.3) is 11.0 Å². The maximum absolute atomic E-state index is 12.0. The van der Waals surface area contributed by atoms with Crippen LogP contribution in [-0.2, 0) is 9.53 Å². The van der Waals surface area contributed by atoms with Crippen molar-refractivity contribution in [3.8, 4) is 5.75 Å². The number of H-pyrrole nitrogens is 1. The number of imidazole rings is 1. The Morgan fingerprint density at radius 2 is 2.15 bits per heavy atom. The maximum atomic E-state index is 12.0. The van der Waals surface area contributed by atoms with Crippen LogP contribution < -0.4 is 15.4 Å². The zero-order valence-electron chi connectivity index (χ0n) is 14.5. The highest BCUT2D eigenvalue weighted by atomic mass is 32.2. The van der Waals surface area contributed by atoms with Crippen molar-refractivity contribution in [1.82, 2.24) is 20.6 Å². The minimum Gasteiger partial charge on any atom is -0.494 e. The molecule has 0 saturated carbocycles. The molecule has 1 aliphatic heterocycles. The van der Waals surface area contributed by atoms with E-state index in [-0.39, 0.29) is 19.2 Å². The fourth-order valence-electron chi connectivity index (χ4n) is 2.50. The van der Waals surface area contributed by atoms with E-state index < -0.39 is 5.97 Å². The van der Waals surface area contributed by atoms with E-state index in [9.17, 15) is 9.59 Å². The monoisotopic (exact) mass is 376 g/mol. The number of fused-ring (bicyclic) bond motifs is 1. The van der Waals surface area contributed by atoms with E-state index in [2.05, 4.69) is 20.6 Å². The quantitative estimate of drug-likeness (QED) is 0.505. The number of carbonyl (C=O) groups is 2. The van der Waals surface area contributed by atoms with Crippen LogP contribution in [0.4, 0.5) is 4.79 Å². The Hall–Kier alpha value is -2.68. The first-order chi connectivity index (χ1) is 12.6. The first-order valence-corrected chi connectivity index (χ1v) is 9.28. The molecule has 138 valence electrons. The number of hydrogen-bond acceptors (Lipinski definition) is 6. The maximum Gasteiger partial charge on any atom is 0.337 e. The highest BCUT2D eigenvalue weighted by molar-refractivity contribution is 7.99. The lowest BCUT2D eigenvalue weighted by Gasteiger charge is -2.20. The number of rotatable bonds is 7. The van der Waals surface area contributed by atoms with Gasteiger partial charge >= 0.3 is 12.0 Å². The molecule has 0 bridgehead atoms. The van der Waals surface area contributed by atoms with Gasteiger partial charge in [0, 0.05) is 17.5 Å². The number of amides is 2. The van der Waals surface area contributed by atoms with Crippen LogP contribution in [0.1, 0.15) is 13.8 Å². The minimum absolute atomic E-state index is 0.151. The summed E-state index contributed by atoms with van der Waals surface area (Å²) in [4.78, 5) is 31.4. The van der Waals surface area contributed by atoms with Crippen LogP contribution in [0.5, 0.6) is 5.75 Å². The highest BCUT2D eigenvalue weighted by Gasteiger charge is 2.23. The Labute approximate surface area is 154 Å². The first-order valence-electron chi connectivity index (χ1n) is 8.30. The van der Waals surface area contributed by atoms with Crippen molar-refractivity contribution in [1.29, 1.82) is 0 Å². The largest absolute Gasteiger partial charge is 0.494 e. The van der Waals surface area contributed by atoms with Gasteiger partial charge in [0.15, 0.2) is 5.16 Å². The van der Waals surface area contributed by atoms with Gasteiger partial charge in [0.2, 0.25) is 0 Å². The molecule has 3 rings (SSSR count). The minimum atomic E-state index is -0.429. The average molecular weight is 376 g/mol. The number of ether oxygens (including phenoxy) is 2. The molecule has 2 heterocycles. The van der Waals surface area contributed by atoms with Gasteiger partial charge in [-0.2, -0.15) is 0 Å². The molecule has 26 heavy (non-hydrogen) atoms. The van der Waals surface area contributed by atoms with Crippen molar-refractivity contribution >= 4 is 34.8 Å². The third-order valence-electron chi connectivity index (χ3n) is 3.67. The lowest BCUT2D eigenvalue weighted by Crippen LogP contribution is -2.44. The number of carbonyl (C=O) groups excluding carboxylic acids is 2. The molecule has 3 N–H and O–H groups in total. The summed E-state index contributed by atoms with van der Waals surface area (Å²) in [6.45, 7) is 4.70. The van der Waals surface area contributed by atoms with E-state index in [1.807, 2.05) is 25.1 Å². The predicted octanol–water partition coefficient (Wildman–Crippen LogP) is 2.18. The number of benzene rings is 1. The van der Waals surface area contributed by atoms with Crippen molar-refractivity contribution in [2.75, 3.05) is 25.5 Å². The number of thioether (sulfide) groups is 1. The van der Waals surface area contributed by atoms with Crippen LogP contribution in [0.3, 0.4) is 0 Å². The summed E-state index contributed by atoms with van der Waals surface area (Å²) in [5.74, 6) is 0.736. The molecule has 0 spiro atoms. The van der Waals surface area contributed by atoms with Gasteiger partial charge in [-0.05, 0) is 26.0 Å². The van der Waals surface area contributed by atoms with Gasteiger partial charge in [0.1, 0.15) is 5.75 Å². The standard InChI is InChI=1S/C17H20N4O4S/c1-3-24-10-5-6-12-13(7-10)21-17(20-12)26-9-14-11(15(22)25-4-2)8-18-16(23)19-14/h5-7H,3-4,8-9H2,1-2H3,(H,20,21)(H2,18,19,23). The van der Waals surface area contributed by atoms with E-state index in [1.54, 1.807) is 6.92 Å². The molecule has 0 fully saturated rings. The normalized spacial score (nSPS) is 14.2. The van der Waals surface area contributed by atoms with Gasteiger partial charge in [-0.25, -0.2) is 14.6 Å². The summed E-state index contributed by atoms with van der Waals surface area (Å²) in [5, 5.41) is 5.96. The van der Waals surface area contributed by atoms with Crippen LogP contribution >= 0.6 is 11.8 Å². The summed E-state index contributed by atoms with van der Waals surface area (Å²) in [6, 6.07) is 5.32. The Balaban J connectivity index is 1.76. The Morgan fingerprint density at radius 3 is 2.92 bits per heavy atom. The third-order valence-corrected chi connectivity index (χ3v) is 4.57. The molecule has 1 aromatic carbocycles. The van der Waals surface area contributed by atoms with Gasteiger partial charge < -0.3 is 25.1 Å². The molecule has 0 unspecified atom stereocenters. The lowest BCUT2D eigenvalue weighted by molar-refractivity contribution is -0.138. The summed E-state index contributed by atoms with van der Waals surface area (Å²) < 4.78 is 10.5. The van der Waals surface area contributed by atoms with Gasteiger partial charge in [-0.3, -0.25) is 0 Å². The van der Waals surface area contributed by atoms with Crippen molar-refractivity contribution in [2.45, 2.75) is 19.0 Å². The molecule has 0 aliphatic carbocycles. The number of aromatic nitrogens is 2. The fourth-order valence-corrected chi connectivity index (χ4v) is 3.37. The lowest BCUT2D eigenvalue weighted by atomic mass is 10.2. The Morgan fingerprint density at radius 1 is 1.31 bits per heavy atom. The summed E-state index contributed by atoms with van der Waals surface area (Å²) in [5.41, 5.74) is 2.65. The molecule has 0 radical (unpaired) electrons. The van der Waals surface area contributed by atoms with E-state index in [0.717, 1.165) is 16.8 Å². The zero-order chi connectivity index (χ0) is 18.5. The van der Waals surface area contributed by atoms with Crippen LogP contribution in [0, 0.1) is 0 Å². The number of urea groups is 1. The molecular weight excluding hydrogens is 356 g/mol. The van der Waals surface area contributed by atoms with E-state index >= 15 is 0 Å². The Kier molecular flexibility index (Phi) is 5.67. The second-order valence-electron chi connectivity index (χ2n) is 5.43. The SMILES string of the molecule is CCOC(=O)C1=C(CSc2nc3ccc(OCC)cc3[nH]2)NC(=O)NC1. The van der Waals surface area contributed by atoms with Crippen molar-refractivity contribution in [2.24, 2.45) is 0 Å². The zero-order valence-corrected chi connectivity index (χ0v) is 15.4. The molecule has 2 aromatic rings. The number of nitrogens with one attached hydrogen (secondary N) is 3. The van der Waals surface area contributed by atoms with Crippen LogP contribution in [0.2, 0.25) is 0 Å². The number of hydrogen-bond donors (Lipinski definition) is 3. The molecule has 8 nitrogen and oxygen atoms in total. The molecule has 1 aliphatic rings. The van der Waals surface area contributed by atoms with Crippen molar-refractivity contribution < 1.29 is 19.1 Å². The van der Waals surface area contributed by atoms with Gasteiger partial charge in [0.25, 0.3) is 0 Å². The molecule has 0 atom stereocenters. The number of aromatic amines is 1. The fraction of sp³-hybridized carbons (Fsp3) is 0.353. The first kappa shape index (κ1) is 18.1. The van der Waals surface area contributed by atoms with E-state index in [1.165, 1.54) is 11.8 Å². The van der Waals surface area contributed by atoms with Crippen LogP contribution in [0.15, 0.2) is 34.6 Å². The van der Waals surface area contributed by atoms with E-state index in [4.69, 9.17) is 9.47 Å². The molecule has 9 heteroatoms. The predicted molar refractivity (Wildman–Crippen MR) is 98.2 cm³/mol. The number of esters is 1. The smallest absolute Gasteiger partial charge is 0.337 e. The third kappa shape index (κ3) is 4.10. The Bertz CT molecular complexity index is 862. The summed E-state index contributed by atoms with van der Waals surface area (Å²) in [6.07, 6.45) is 0. The van der Waals surface area contributed by atoms with Crippen LogP contribution in [-0.4, -0.2) is 47.5 Å². The second kappa shape index (κ2) is 8.13. The molecule has 0 saturated heterocycles.